The van der Waals surface area contributed by atoms with Crippen LogP contribution in [0.1, 0.15) is 0 Å². The molecule has 0 aliphatic carbocycles. The highest BCUT2D eigenvalue weighted by molar-refractivity contribution is 6.31. The van der Waals surface area contributed by atoms with Gasteiger partial charge in [-0.2, -0.15) is 0 Å². The average Bonchev–Trinajstić information content (AvgIpc) is 2.24. The van der Waals surface area contributed by atoms with Crippen LogP contribution in [0.15, 0.2) is 42.6 Å². The van der Waals surface area contributed by atoms with E-state index in [1.54, 1.807) is 18.3 Å². The summed E-state index contributed by atoms with van der Waals surface area (Å²) >= 11 is 5.80. The Kier molecular flexibility index (Phi) is 2.74. The molecule has 0 saturated heterocycles. The second kappa shape index (κ2) is 4.19. The first-order valence-corrected chi connectivity index (χ1v) is 4.86. The molecule has 2 rings (SSSR count). The number of nitrogens with one attached hydrogen (secondary N) is 1. The zero-order valence-electron chi connectivity index (χ0n) is 7.94. The standard InChI is InChI=1S/C11H10ClN3/c12-8-4-5-10(9(13)7-8)15-11-3-1-2-6-14-11/h1-7H,13H2,(H,14,15). The lowest BCUT2D eigenvalue weighted by atomic mass is 10.2. The zero-order chi connectivity index (χ0) is 10.7. The number of nitrogen functional groups attached to an aromatic ring is 1. The van der Waals surface area contributed by atoms with Gasteiger partial charge >= 0.3 is 0 Å². The van der Waals surface area contributed by atoms with Crippen LogP contribution in [0.3, 0.4) is 0 Å². The molecule has 0 aliphatic heterocycles. The second-order valence-corrected chi connectivity index (χ2v) is 3.51. The third kappa shape index (κ3) is 2.39. The van der Waals surface area contributed by atoms with Gasteiger partial charge in [-0.05, 0) is 30.3 Å². The van der Waals surface area contributed by atoms with E-state index >= 15 is 0 Å². The molecule has 15 heavy (non-hydrogen) atoms. The fraction of sp³-hybridized carbons (Fsp3) is 0. The first-order valence-electron chi connectivity index (χ1n) is 4.49. The van der Waals surface area contributed by atoms with Crippen molar-refractivity contribution < 1.29 is 0 Å². The Bertz CT molecular complexity index is 457. The highest BCUT2D eigenvalue weighted by Crippen LogP contribution is 2.24. The van der Waals surface area contributed by atoms with E-state index in [0.717, 1.165) is 11.5 Å². The molecule has 0 unspecified atom stereocenters. The van der Waals surface area contributed by atoms with Gasteiger partial charge in [0.1, 0.15) is 5.82 Å². The van der Waals surface area contributed by atoms with Crippen LogP contribution < -0.4 is 11.1 Å². The van der Waals surface area contributed by atoms with E-state index in [1.165, 1.54) is 0 Å². The van der Waals surface area contributed by atoms with Gasteiger partial charge in [0, 0.05) is 11.2 Å². The average molecular weight is 220 g/mol. The van der Waals surface area contributed by atoms with Crippen molar-refractivity contribution in [1.29, 1.82) is 0 Å². The van der Waals surface area contributed by atoms with E-state index in [2.05, 4.69) is 10.3 Å². The van der Waals surface area contributed by atoms with Crippen molar-refractivity contribution in [2.45, 2.75) is 0 Å². The summed E-state index contributed by atoms with van der Waals surface area (Å²) in [6, 6.07) is 10.9. The van der Waals surface area contributed by atoms with E-state index in [0.29, 0.717) is 10.7 Å². The van der Waals surface area contributed by atoms with Crippen LogP contribution >= 0.6 is 11.6 Å². The van der Waals surface area contributed by atoms with Crippen LogP contribution in [0.25, 0.3) is 0 Å². The number of hydrogen-bond acceptors (Lipinski definition) is 3. The van der Waals surface area contributed by atoms with Crippen molar-refractivity contribution in [3.63, 3.8) is 0 Å². The number of hydrogen-bond donors (Lipinski definition) is 2. The summed E-state index contributed by atoms with van der Waals surface area (Å²) in [5, 5.41) is 3.73. The predicted molar refractivity (Wildman–Crippen MR) is 63.4 cm³/mol. The van der Waals surface area contributed by atoms with Crippen LogP contribution in [0.4, 0.5) is 17.2 Å². The summed E-state index contributed by atoms with van der Waals surface area (Å²) in [4.78, 5) is 4.14. The Morgan fingerprint density at radius 1 is 1.20 bits per heavy atom. The summed E-state index contributed by atoms with van der Waals surface area (Å²) < 4.78 is 0. The molecule has 1 heterocycles. The lowest BCUT2D eigenvalue weighted by Gasteiger charge is -2.08. The van der Waals surface area contributed by atoms with Crippen LogP contribution in [0.5, 0.6) is 0 Å². The van der Waals surface area contributed by atoms with Gasteiger partial charge in [0.15, 0.2) is 0 Å². The Labute approximate surface area is 92.9 Å². The van der Waals surface area contributed by atoms with Crippen LogP contribution in [-0.4, -0.2) is 4.98 Å². The summed E-state index contributed by atoms with van der Waals surface area (Å²) in [6.45, 7) is 0. The Hall–Kier alpha value is -1.74. The molecule has 0 amide bonds. The molecule has 0 saturated carbocycles. The normalized spacial score (nSPS) is 9.93. The molecule has 1 aromatic carbocycles. The van der Waals surface area contributed by atoms with Crippen molar-refractivity contribution in [2.75, 3.05) is 11.1 Å². The first kappa shape index (κ1) is 9.80. The number of rotatable bonds is 2. The number of pyridine rings is 1. The van der Waals surface area contributed by atoms with Gasteiger partial charge in [0.05, 0.1) is 11.4 Å². The molecule has 4 heteroatoms. The molecular weight excluding hydrogens is 210 g/mol. The summed E-state index contributed by atoms with van der Waals surface area (Å²) in [5.41, 5.74) is 7.20. The Morgan fingerprint density at radius 3 is 2.73 bits per heavy atom. The highest BCUT2D eigenvalue weighted by atomic mass is 35.5. The topological polar surface area (TPSA) is 50.9 Å². The lowest BCUT2D eigenvalue weighted by molar-refractivity contribution is 1.31. The van der Waals surface area contributed by atoms with Crippen molar-refractivity contribution in [2.24, 2.45) is 0 Å². The van der Waals surface area contributed by atoms with Crippen LogP contribution in [0, 0.1) is 0 Å². The van der Waals surface area contributed by atoms with Gasteiger partial charge in [-0.1, -0.05) is 17.7 Å². The van der Waals surface area contributed by atoms with Crippen molar-refractivity contribution in [1.82, 2.24) is 4.98 Å². The number of nitrogens with zero attached hydrogens (tertiary/aromatic N) is 1. The molecule has 0 bridgehead atoms. The van der Waals surface area contributed by atoms with Crippen molar-refractivity contribution in [3.8, 4) is 0 Å². The van der Waals surface area contributed by atoms with E-state index < -0.39 is 0 Å². The van der Waals surface area contributed by atoms with Crippen LogP contribution in [0.2, 0.25) is 5.02 Å². The number of nitrogens with two attached hydrogens (primary N) is 1. The van der Waals surface area contributed by atoms with Crippen molar-refractivity contribution in [3.05, 3.63) is 47.6 Å². The molecular formula is C11H10ClN3. The zero-order valence-corrected chi connectivity index (χ0v) is 8.70. The van der Waals surface area contributed by atoms with Gasteiger partial charge in [-0.3, -0.25) is 0 Å². The quantitative estimate of drug-likeness (QED) is 0.764. The minimum absolute atomic E-state index is 0.605. The number of benzene rings is 1. The molecule has 3 nitrogen and oxygen atoms in total. The minimum Gasteiger partial charge on any atom is -0.397 e. The third-order valence-corrected chi connectivity index (χ3v) is 2.18. The maximum absolute atomic E-state index is 5.80. The minimum atomic E-state index is 0.605. The molecule has 0 spiro atoms. The molecule has 0 fully saturated rings. The van der Waals surface area contributed by atoms with Gasteiger partial charge in [0.2, 0.25) is 0 Å². The van der Waals surface area contributed by atoms with E-state index in [-0.39, 0.29) is 0 Å². The maximum atomic E-state index is 5.80. The van der Waals surface area contributed by atoms with E-state index in [1.807, 2.05) is 24.3 Å². The van der Waals surface area contributed by atoms with E-state index in [4.69, 9.17) is 17.3 Å². The monoisotopic (exact) mass is 219 g/mol. The van der Waals surface area contributed by atoms with Gasteiger partial charge in [0.25, 0.3) is 0 Å². The second-order valence-electron chi connectivity index (χ2n) is 3.07. The number of aromatic nitrogens is 1. The van der Waals surface area contributed by atoms with E-state index in [9.17, 15) is 0 Å². The van der Waals surface area contributed by atoms with Gasteiger partial charge < -0.3 is 11.1 Å². The number of anilines is 3. The summed E-state index contributed by atoms with van der Waals surface area (Å²) in [5.74, 6) is 0.756. The lowest BCUT2D eigenvalue weighted by Crippen LogP contribution is -1.97. The molecule has 0 radical (unpaired) electrons. The molecule has 2 aromatic rings. The SMILES string of the molecule is Nc1cc(Cl)ccc1Nc1ccccn1. The Balaban J connectivity index is 2.25. The predicted octanol–water partition coefficient (Wildman–Crippen LogP) is 3.06. The highest BCUT2D eigenvalue weighted by Gasteiger charge is 2.00. The first-order chi connectivity index (χ1) is 7.25. The largest absolute Gasteiger partial charge is 0.397 e. The fourth-order valence-electron chi connectivity index (χ4n) is 1.22. The smallest absolute Gasteiger partial charge is 0.130 e. The fourth-order valence-corrected chi connectivity index (χ4v) is 1.40. The molecule has 3 N–H and O–H groups in total. The summed E-state index contributed by atoms with van der Waals surface area (Å²) in [7, 11) is 0. The molecule has 0 atom stereocenters. The Morgan fingerprint density at radius 2 is 2.07 bits per heavy atom. The maximum Gasteiger partial charge on any atom is 0.130 e. The summed E-state index contributed by atoms with van der Waals surface area (Å²) in [6.07, 6.45) is 1.72. The van der Waals surface area contributed by atoms with Crippen LogP contribution in [-0.2, 0) is 0 Å². The van der Waals surface area contributed by atoms with Gasteiger partial charge in [-0.25, -0.2) is 4.98 Å². The molecule has 76 valence electrons. The van der Waals surface area contributed by atoms with Gasteiger partial charge in [-0.15, -0.1) is 0 Å². The third-order valence-electron chi connectivity index (χ3n) is 1.94. The number of halogens is 1. The molecule has 1 aromatic heterocycles. The molecule has 0 aliphatic rings. The van der Waals surface area contributed by atoms with Crippen molar-refractivity contribution >= 4 is 28.8 Å².